The van der Waals surface area contributed by atoms with E-state index in [0.29, 0.717) is 5.95 Å². The van der Waals surface area contributed by atoms with Crippen LogP contribution in [0.15, 0.2) is 60.9 Å². The van der Waals surface area contributed by atoms with E-state index in [1.807, 2.05) is 39.9 Å². The first kappa shape index (κ1) is 17.0. The molecule has 1 aliphatic carbocycles. The van der Waals surface area contributed by atoms with Gasteiger partial charge in [0.2, 0.25) is 11.9 Å². The van der Waals surface area contributed by atoms with Crippen molar-refractivity contribution in [2.45, 2.75) is 31.3 Å². The van der Waals surface area contributed by atoms with E-state index in [1.165, 1.54) is 0 Å². The van der Waals surface area contributed by atoms with Crippen molar-refractivity contribution >= 4 is 11.9 Å². The van der Waals surface area contributed by atoms with Crippen LogP contribution in [-0.4, -0.2) is 27.8 Å². The van der Waals surface area contributed by atoms with Crippen LogP contribution in [0.1, 0.15) is 42.5 Å². The number of carbonyl (C=O) groups is 1. The molecule has 1 amide bonds. The summed E-state index contributed by atoms with van der Waals surface area (Å²) in [6.07, 6.45) is 4.23. The quantitative estimate of drug-likeness (QED) is 0.698. The minimum atomic E-state index is -0.0573. The maximum atomic E-state index is 13.2. The molecule has 2 aliphatic rings. The molecule has 6 nitrogen and oxygen atoms in total. The third kappa shape index (κ3) is 2.85. The maximum Gasteiger partial charge on any atom is 0.233 e. The van der Waals surface area contributed by atoms with Gasteiger partial charge in [0.15, 0.2) is 0 Å². The van der Waals surface area contributed by atoms with Gasteiger partial charge >= 0.3 is 0 Å². The first-order valence-electron chi connectivity index (χ1n) is 9.67. The zero-order valence-electron chi connectivity index (χ0n) is 15.7. The van der Waals surface area contributed by atoms with Crippen molar-refractivity contribution in [2.75, 3.05) is 12.0 Å². The summed E-state index contributed by atoms with van der Waals surface area (Å²) in [7, 11) is 1.66. The van der Waals surface area contributed by atoms with Crippen molar-refractivity contribution in [3.05, 3.63) is 72.1 Å². The van der Waals surface area contributed by atoms with Gasteiger partial charge in [-0.3, -0.25) is 9.69 Å². The molecule has 142 valence electrons. The van der Waals surface area contributed by atoms with Crippen LogP contribution in [0.2, 0.25) is 0 Å². The normalized spacial score (nSPS) is 21.2. The summed E-state index contributed by atoms with van der Waals surface area (Å²) < 4.78 is 7.19. The van der Waals surface area contributed by atoms with Crippen molar-refractivity contribution in [1.82, 2.24) is 14.8 Å². The largest absolute Gasteiger partial charge is 0.497 e. The Kier molecular flexibility index (Phi) is 4.11. The van der Waals surface area contributed by atoms with Crippen LogP contribution in [0.4, 0.5) is 5.95 Å². The molecule has 28 heavy (non-hydrogen) atoms. The fraction of sp³-hybridized carbons (Fsp3) is 0.318. The van der Waals surface area contributed by atoms with Crippen molar-refractivity contribution < 1.29 is 9.53 Å². The summed E-state index contributed by atoms with van der Waals surface area (Å²) >= 11 is 0. The molecule has 1 saturated carbocycles. The summed E-state index contributed by atoms with van der Waals surface area (Å²) in [4.78, 5) is 19.5. The topological polar surface area (TPSA) is 60.2 Å². The Morgan fingerprint density at radius 3 is 2.39 bits per heavy atom. The zero-order valence-corrected chi connectivity index (χ0v) is 15.7. The highest BCUT2D eigenvalue weighted by atomic mass is 16.5. The summed E-state index contributed by atoms with van der Waals surface area (Å²) in [6.45, 7) is 0. The highest BCUT2D eigenvalue weighted by Crippen LogP contribution is 2.44. The lowest BCUT2D eigenvalue weighted by Crippen LogP contribution is -2.43. The molecule has 0 bridgehead atoms. The number of rotatable bonds is 4. The van der Waals surface area contributed by atoms with Crippen LogP contribution < -0.4 is 9.64 Å². The monoisotopic (exact) mass is 374 g/mol. The second-order valence-electron chi connectivity index (χ2n) is 7.44. The second kappa shape index (κ2) is 6.78. The Hall–Kier alpha value is -3.15. The number of benzene rings is 2. The Morgan fingerprint density at radius 1 is 1.00 bits per heavy atom. The maximum absolute atomic E-state index is 13.2. The fourth-order valence-corrected chi connectivity index (χ4v) is 4.04. The number of anilines is 1. The van der Waals surface area contributed by atoms with E-state index in [2.05, 4.69) is 34.3 Å². The van der Waals surface area contributed by atoms with Gasteiger partial charge in [0, 0.05) is 5.92 Å². The minimum Gasteiger partial charge on any atom is -0.497 e. The third-order valence-corrected chi connectivity index (χ3v) is 5.67. The van der Waals surface area contributed by atoms with Gasteiger partial charge < -0.3 is 4.74 Å². The molecule has 1 aromatic heterocycles. The molecule has 3 aromatic rings. The van der Waals surface area contributed by atoms with Crippen molar-refractivity contribution in [1.29, 1.82) is 0 Å². The highest BCUT2D eigenvalue weighted by molar-refractivity contribution is 5.96. The molecule has 1 fully saturated rings. The van der Waals surface area contributed by atoms with E-state index >= 15 is 0 Å². The number of nitrogens with zero attached hydrogens (tertiary/aromatic N) is 4. The Bertz CT molecular complexity index is 979. The molecule has 0 spiro atoms. The molecule has 6 heteroatoms. The first-order chi connectivity index (χ1) is 13.8. The van der Waals surface area contributed by atoms with E-state index in [0.717, 1.165) is 36.1 Å². The molecule has 2 atom stereocenters. The lowest BCUT2D eigenvalue weighted by atomic mass is 9.91. The number of aromatic nitrogens is 3. The number of methoxy groups -OCH3 is 1. The van der Waals surface area contributed by atoms with Gasteiger partial charge in [-0.1, -0.05) is 42.5 Å². The van der Waals surface area contributed by atoms with Crippen LogP contribution >= 0.6 is 0 Å². The molecule has 5 rings (SSSR count). The minimum absolute atomic E-state index is 0.0110. The van der Waals surface area contributed by atoms with Gasteiger partial charge in [-0.2, -0.15) is 10.1 Å². The molecular weight excluding hydrogens is 352 g/mol. The Balaban J connectivity index is 1.60. The summed E-state index contributed by atoms with van der Waals surface area (Å²) in [5, 5.41) is 4.48. The predicted octanol–water partition coefficient (Wildman–Crippen LogP) is 3.76. The van der Waals surface area contributed by atoms with Crippen molar-refractivity contribution in [2.24, 2.45) is 5.92 Å². The van der Waals surface area contributed by atoms with E-state index in [9.17, 15) is 4.79 Å². The highest BCUT2D eigenvalue weighted by Gasteiger charge is 2.44. The van der Waals surface area contributed by atoms with Crippen molar-refractivity contribution in [3.8, 4) is 5.75 Å². The van der Waals surface area contributed by atoms with Crippen LogP contribution in [-0.2, 0) is 4.79 Å². The molecule has 0 unspecified atom stereocenters. The summed E-state index contributed by atoms with van der Waals surface area (Å²) in [5.74, 6) is 1.74. The predicted molar refractivity (Wildman–Crippen MR) is 105 cm³/mol. The number of ether oxygens (including phenoxy) is 1. The molecule has 2 heterocycles. The van der Waals surface area contributed by atoms with Crippen molar-refractivity contribution in [3.63, 3.8) is 0 Å². The average molecular weight is 374 g/mol. The Labute approximate surface area is 163 Å². The van der Waals surface area contributed by atoms with Gasteiger partial charge in [0.05, 0.1) is 19.2 Å². The smallest absolute Gasteiger partial charge is 0.233 e. The lowest BCUT2D eigenvalue weighted by molar-refractivity contribution is -0.120. The average Bonchev–Trinajstić information content (AvgIpc) is 3.49. The number of hydrogen-bond donors (Lipinski definition) is 0. The number of hydrogen-bond acceptors (Lipinski definition) is 4. The molecule has 1 aliphatic heterocycles. The number of fused-ring (bicyclic) bond motifs is 1. The molecule has 0 radical (unpaired) electrons. The second-order valence-corrected chi connectivity index (χ2v) is 7.44. The third-order valence-electron chi connectivity index (χ3n) is 5.67. The van der Waals surface area contributed by atoms with Gasteiger partial charge in [0.25, 0.3) is 0 Å². The molecule has 0 saturated heterocycles. The molecule has 0 N–H and O–H groups in total. The summed E-state index contributed by atoms with van der Waals surface area (Å²) in [5.41, 5.74) is 2.26. The van der Waals surface area contributed by atoms with Crippen LogP contribution in [0.5, 0.6) is 5.75 Å². The van der Waals surface area contributed by atoms with Gasteiger partial charge in [-0.25, -0.2) is 4.68 Å². The van der Waals surface area contributed by atoms with Gasteiger partial charge in [-0.05, 0) is 42.5 Å². The lowest BCUT2D eigenvalue weighted by Gasteiger charge is -2.39. The van der Waals surface area contributed by atoms with Crippen LogP contribution in [0, 0.1) is 5.92 Å². The van der Waals surface area contributed by atoms with E-state index in [4.69, 9.17) is 4.74 Å². The van der Waals surface area contributed by atoms with Crippen LogP contribution in [0.25, 0.3) is 0 Å². The first-order valence-corrected chi connectivity index (χ1v) is 9.67. The molecule has 2 aromatic carbocycles. The van der Waals surface area contributed by atoms with Crippen LogP contribution in [0.3, 0.4) is 0 Å². The van der Waals surface area contributed by atoms with E-state index in [1.54, 1.807) is 13.4 Å². The Morgan fingerprint density at radius 2 is 1.71 bits per heavy atom. The van der Waals surface area contributed by atoms with Gasteiger partial charge in [0.1, 0.15) is 12.1 Å². The van der Waals surface area contributed by atoms with E-state index in [-0.39, 0.29) is 23.9 Å². The standard InChI is InChI=1S/C22H22N4O2/c1-28-18-11-9-16(10-12-18)20-13-19(15-5-3-2-4-6-15)25(21(27)17-7-8-17)22-23-14-24-26(20)22/h2-6,9-12,14,17,19-20H,7-8,13H2,1H3/t19-,20-/m0/s1. The SMILES string of the molecule is COc1ccc([C@@H]2C[C@@H](c3ccccc3)N(C(=O)C3CC3)c3ncnn32)cc1. The number of amides is 1. The number of carbonyl (C=O) groups excluding carboxylic acids is 1. The zero-order chi connectivity index (χ0) is 19.1. The van der Waals surface area contributed by atoms with Gasteiger partial charge in [-0.15, -0.1) is 0 Å². The molecular formula is C22H22N4O2. The summed E-state index contributed by atoms with van der Waals surface area (Å²) in [6, 6.07) is 18.2. The fourth-order valence-electron chi connectivity index (χ4n) is 4.04. The van der Waals surface area contributed by atoms with E-state index < -0.39 is 0 Å².